The Bertz CT molecular complexity index is 521. The monoisotopic (exact) mass is 223 g/mol. The summed E-state index contributed by atoms with van der Waals surface area (Å²) in [5.74, 6) is 0.180. The Hall–Kier alpha value is -1.93. The van der Waals surface area contributed by atoms with Gasteiger partial charge in [0.25, 0.3) is 0 Å². The first-order valence-corrected chi connectivity index (χ1v) is 5.76. The highest BCUT2D eigenvalue weighted by Crippen LogP contribution is 2.31. The molecule has 0 bridgehead atoms. The number of benzene rings is 2. The summed E-state index contributed by atoms with van der Waals surface area (Å²) >= 11 is 0. The Labute approximate surface area is 100 Å². The fraction of sp³-hybridized carbons (Fsp3) is 0.133. The molecule has 2 aromatic rings. The van der Waals surface area contributed by atoms with Gasteiger partial charge in [-0.15, -0.1) is 0 Å². The lowest BCUT2D eigenvalue weighted by atomic mass is 10.0. The first kappa shape index (κ1) is 10.2. The normalized spacial score (nSPS) is 22.1. The van der Waals surface area contributed by atoms with Crippen LogP contribution in [-0.4, -0.2) is 11.8 Å². The Morgan fingerprint density at radius 2 is 1.47 bits per heavy atom. The van der Waals surface area contributed by atoms with Crippen LogP contribution in [0.5, 0.6) is 0 Å². The van der Waals surface area contributed by atoms with Gasteiger partial charge in [0.15, 0.2) is 5.78 Å². The van der Waals surface area contributed by atoms with Gasteiger partial charge in [0.05, 0.1) is 12.1 Å². The third kappa shape index (κ3) is 1.99. The first-order valence-electron chi connectivity index (χ1n) is 5.76. The molecule has 2 heteroatoms. The van der Waals surface area contributed by atoms with Gasteiger partial charge in [0.2, 0.25) is 0 Å². The maximum absolute atomic E-state index is 12.1. The molecule has 2 aromatic carbocycles. The number of nitrogens with one attached hydrogen (secondary N) is 1. The summed E-state index contributed by atoms with van der Waals surface area (Å²) in [4.78, 5) is 12.1. The van der Waals surface area contributed by atoms with E-state index in [2.05, 4.69) is 17.4 Å². The Kier molecular flexibility index (Phi) is 2.50. The van der Waals surface area contributed by atoms with Gasteiger partial charge in [-0.25, -0.2) is 0 Å². The highest BCUT2D eigenvalue weighted by molar-refractivity contribution is 6.02. The van der Waals surface area contributed by atoms with Crippen LogP contribution >= 0.6 is 0 Å². The van der Waals surface area contributed by atoms with Crippen molar-refractivity contribution in [1.82, 2.24) is 5.32 Å². The topological polar surface area (TPSA) is 39.0 Å². The summed E-state index contributed by atoms with van der Waals surface area (Å²) in [6.45, 7) is 0. The quantitative estimate of drug-likeness (QED) is 0.641. The van der Waals surface area contributed by atoms with Crippen LogP contribution in [0.1, 0.15) is 22.0 Å². The molecule has 1 heterocycles. The standard InChI is InChI=1S/C15H13NO/c17-15(12-9-5-2-6-10-12)14-13(16-14)11-7-3-1-4-8-11/h1-10,13-14,16H/t13-,14-/m1/s1. The van der Waals surface area contributed by atoms with Gasteiger partial charge in [-0.05, 0) is 5.56 Å². The van der Waals surface area contributed by atoms with Crippen molar-refractivity contribution in [3.05, 3.63) is 71.8 Å². The van der Waals surface area contributed by atoms with E-state index in [1.165, 1.54) is 5.56 Å². The van der Waals surface area contributed by atoms with Gasteiger partial charge in [-0.2, -0.15) is 0 Å². The van der Waals surface area contributed by atoms with Gasteiger partial charge in [-0.3, -0.25) is 10.1 Å². The molecule has 0 amide bonds. The molecule has 1 fully saturated rings. The molecule has 0 unspecified atom stereocenters. The summed E-state index contributed by atoms with van der Waals surface area (Å²) in [5, 5.41) is 3.23. The number of hydrogen-bond donors (Lipinski definition) is 1. The number of rotatable bonds is 3. The predicted octanol–water partition coefficient (Wildman–Crippen LogP) is 2.58. The van der Waals surface area contributed by atoms with E-state index in [0.717, 1.165) is 5.56 Å². The minimum atomic E-state index is -0.0557. The summed E-state index contributed by atoms with van der Waals surface area (Å²) in [6, 6.07) is 19.7. The molecule has 1 saturated heterocycles. The Morgan fingerprint density at radius 3 is 2.12 bits per heavy atom. The largest absolute Gasteiger partial charge is 0.297 e. The van der Waals surface area contributed by atoms with Crippen LogP contribution in [0.3, 0.4) is 0 Å². The van der Waals surface area contributed by atoms with Crippen LogP contribution in [-0.2, 0) is 0 Å². The van der Waals surface area contributed by atoms with Crippen LogP contribution in [0.25, 0.3) is 0 Å². The minimum Gasteiger partial charge on any atom is -0.297 e. The van der Waals surface area contributed by atoms with E-state index in [-0.39, 0.29) is 17.9 Å². The molecule has 2 atom stereocenters. The van der Waals surface area contributed by atoms with E-state index < -0.39 is 0 Å². The van der Waals surface area contributed by atoms with E-state index in [0.29, 0.717) is 0 Å². The predicted molar refractivity (Wildman–Crippen MR) is 66.9 cm³/mol. The van der Waals surface area contributed by atoms with Crippen LogP contribution in [0.2, 0.25) is 0 Å². The molecule has 3 rings (SSSR count). The fourth-order valence-corrected chi connectivity index (χ4v) is 2.10. The summed E-state index contributed by atoms with van der Waals surface area (Å²) in [5.41, 5.74) is 1.96. The van der Waals surface area contributed by atoms with E-state index in [4.69, 9.17) is 0 Å². The van der Waals surface area contributed by atoms with Gasteiger partial charge in [0, 0.05) is 5.56 Å². The number of carbonyl (C=O) groups is 1. The first-order chi connectivity index (χ1) is 8.36. The van der Waals surface area contributed by atoms with Crippen molar-refractivity contribution in [2.75, 3.05) is 0 Å². The summed E-state index contributed by atoms with van der Waals surface area (Å²) in [7, 11) is 0. The van der Waals surface area contributed by atoms with Crippen LogP contribution in [0.4, 0.5) is 0 Å². The molecule has 0 aliphatic carbocycles. The zero-order valence-corrected chi connectivity index (χ0v) is 9.34. The fourth-order valence-electron chi connectivity index (χ4n) is 2.10. The maximum atomic E-state index is 12.1. The Morgan fingerprint density at radius 1 is 0.882 bits per heavy atom. The lowest BCUT2D eigenvalue weighted by molar-refractivity contribution is 0.0988. The smallest absolute Gasteiger partial charge is 0.181 e. The molecular formula is C15H13NO. The van der Waals surface area contributed by atoms with Crippen molar-refractivity contribution < 1.29 is 4.79 Å². The van der Waals surface area contributed by atoms with Crippen molar-refractivity contribution in [1.29, 1.82) is 0 Å². The van der Waals surface area contributed by atoms with E-state index in [1.54, 1.807) is 0 Å². The second kappa shape index (κ2) is 4.15. The third-order valence-electron chi connectivity index (χ3n) is 3.08. The molecule has 0 aromatic heterocycles. The van der Waals surface area contributed by atoms with Crippen molar-refractivity contribution in [2.24, 2.45) is 0 Å². The van der Waals surface area contributed by atoms with Crippen molar-refractivity contribution in [3.63, 3.8) is 0 Å². The van der Waals surface area contributed by atoms with Gasteiger partial charge in [0.1, 0.15) is 0 Å². The highest BCUT2D eigenvalue weighted by Gasteiger charge is 2.43. The number of ketones is 1. The zero-order chi connectivity index (χ0) is 11.7. The Balaban J connectivity index is 1.76. The number of Topliss-reactive ketones (excluding diaryl/α,β-unsaturated/α-hetero) is 1. The highest BCUT2D eigenvalue weighted by atomic mass is 16.1. The molecule has 84 valence electrons. The minimum absolute atomic E-state index is 0.0557. The van der Waals surface area contributed by atoms with E-state index in [9.17, 15) is 4.79 Å². The molecule has 17 heavy (non-hydrogen) atoms. The average molecular weight is 223 g/mol. The van der Waals surface area contributed by atoms with Gasteiger partial charge < -0.3 is 0 Å². The van der Waals surface area contributed by atoms with Gasteiger partial charge in [-0.1, -0.05) is 60.7 Å². The van der Waals surface area contributed by atoms with Crippen molar-refractivity contribution >= 4 is 5.78 Å². The third-order valence-corrected chi connectivity index (χ3v) is 3.08. The van der Waals surface area contributed by atoms with Crippen molar-refractivity contribution in [2.45, 2.75) is 12.1 Å². The molecule has 0 saturated carbocycles. The van der Waals surface area contributed by atoms with E-state index in [1.807, 2.05) is 48.5 Å². The second-order valence-corrected chi connectivity index (χ2v) is 4.26. The second-order valence-electron chi connectivity index (χ2n) is 4.26. The summed E-state index contributed by atoms with van der Waals surface area (Å²) < 4.78 is 0. The molecule has 2 nitrogen and oxygen atoms in total. The lowest BCUT2D eigenvalue weighted by Gasteiger charge is -1.98. The van der Waals surface area contributed by atoms with Crippen molar-refractivity contribution in [3.8, 4) is 0 Å². The molecule has 1 aliphatic rings. The SMILES string of the molecule is O=C(c1ccccc1)[C@@H]1N[C@@H]1c1ccccc1. The summed E-state index contributed by atoms with van der Waals surface area (Å²) in [6.07, 6.45) is 0. The average Bonchev–Trinajstić information content (AvgIpc) is 3.20. The van der Waals surface area contributed by atoms with Crippen LogP contribution in [0, 0.1) is 0 Å². The van der Waals surface area contributed by atoms with E-state index >= 15 is 0 Å². The number of hydrogen-bond acceptors (Lipinski definition) is 2. The molecule has 0 radical (unpaired) electrons. The molecule has 1 aliphatic heterocycles. The van der Waals surface area contributed by atoms with Crippen LogP contribution < -0.4 is 5.32 Å². The number of carbonyl (C=O) groups excluding carboxylic acids is 1. The lowest BCUT2D eigenvalue weighted by Crippen LogP contribution is -2.09. The molecule has 0 spiro atoms. The maximum Gasteiger partial charge on any atom is 0.181 e. The van der Waals surface area contributed by atoms with Gasteiger partial charge >= 0.3 is 0 Å². The molecule has 1 N–H and O–H groups in total. The zero-order valence-electron chi connectivity index (χ0n) is 9.34. The molecular weight excluding hydrogens is 210 g/mol. The van der Waals surface area contributed by atoms with Crippen LogP contribution in [0.15, 0.2) is 60.7 Å².